The van der Waals surface area contributed by atoms with Crippen molar-refractivity contribution in [1.29, 1.82) is 0 Å². The van der Waals surface area contributed by atoms with Gasteiger partial charge >= 0.3 is 5.97 Å². The van der Waals surface area contributed by atoms with Gasteiger partial charge in [-0.25, -0.2) is 4.79 Å². The number of allylic oxidation sites excluding steroid dienone is 1. The minimum absolute atomic E-state index is 0.358. The molecule has 0 saturated heterocycles. The second-order valence-corrected chi connectivity index (χ2v) is 6.00. The van der Waals surface area contributed by atoms with Crippen LogP contribution in [-0.2, 0) is 9.53 Å². The molecule has 138 valence electrons. The Labute approximate surface area is 152 Å². The Hall–Kier alpha value is -2.90. The highest BCUT2D eigenvalue weighted by Gasteiger charge is 2.34. The smallest absolute Gasteiger partial charge is 0.338 e. The number of aromatic nitrogens is 4. The van der Waals surface area contributed by atoms with Gasteiger partial charge in [0, 0.05) is 5.70 Å². The Balaban J connectivity index is 1.96. The van der Waals surface area contributed by atoms with Crippen LogP contribution < -0.4 is 10.1 Å². The average Bonchev–Trinajstić information content (AvgIpc) is 3.09. The number of ether oxygens (including phenoxy) is 2. The maximum absolute atomic E-state index is 12.7. The highest BCUT2D eigenvalue weighted by atomic mass is 16.5. The van der Waals surface area contributed by atoms with Gasteiger partial charge in [0.15, 0.2) is 0 Å². The number of carbonyl (C=O) groups is 1. The second-order valence-electron chi connectivity index (χ2n) is 6.00. The molecule has 8 nitrogen and oxygen atoms in total. The number of unbranched alkanes of at least 4 members (excludes halogenated alkanes) is 1. The molecule has 0 saturated carbocycles. The lowest BCUT2D eigenvalue weighted by molar-refractivity contribution is -0.139. The topological polar surface area (TPSA) is 91.2 Å². The van der Waals surface area contributed by atoms with Gasteiger partial charge in [0.25, 0.3) is 0 Å². The largest absolute Gasteiger partial charge is 0.494 e. The molecule has 3 rings (SSSR count). The Kier molecular flexibility index (Phi) is 5.50. The number of tetrazole rings is 1. The molecule has 1 aliphatic rings. The first kappa shape index (κ1) is 17.9. The van der Waals surface area contributed by atoms with Crippen molar-refractivity contribution in [3.63, 3.8) is 0 Å². The third-order valence-electron chi connectivity index (χ3n) is 4.17. The molecule has 1 aromatic carbocycles. The molecule has 26 heavy (non-hydrogen) atoms. The van der Waals surface area contributed by atoms with Crippen molar-refractivity contribution in [2.45, 2.75) is 39.7 Å². The summed E-state index contributed by atoms with van der Waals surface area (Å²) in [5.74, 6) is 0.907. The zero-order valence-corrected chi connectivity index (χ0v) is 15.2. The van der Waals surface area contributed by atoms with E-state index in [2.05, 4.69) is 27.8 Å². The first-order valence-corrected chi connectivity index (χ1v) is 8.81. The van der Waals surface area contributed by atoms with Crippen molar-refractivity contribution < 1.29 is 14.3 Å². The fraction of sp³-hybridized carbons (Fsp3) is 0.444. The van der Waals surface area contributed by atoms with Crippen LogP contribution in [0.5, 0.6) is 5.75 Å². The lowest BCUT2D eigenvalue weighted by Crippen LogP contribution is -2.29. The maximum atomic E-state index is 12.7. The molecule has 0 amide bonds. The van der Waals surface area contributed by atoms with Crippen LogP contribution in [0.2, 0.25) is 0 Å². The quantitative estimate of drug-likeness (QED) is 0.602. The Morgan fingerprint density at radius 3 is 2.73 bits per heavy atom. The molecular weight excluding hydrogens is 334 g/mol. The van der Waals surface area contributed by atoms with Crippen LogP contribution in [0.1, 0.15) is 45.2 Å². The van der Waals surface area contributed by atoms with Gasteiger partial charge < -0.3 is 14.8 Å². The SMILES string of the molecule is CCCCOC(=O)C1=C(C)Nc2nnnn2C1c1ccc(OCC)cc1. The molecule has 0 spiro atoms. The van der Waals surface area contributed by atoms with Gasteiger partial charge in [-0.1, -0.05) is 30.6 Å². The highest BCUT2D eigenvalue weighted by Crippen LogP contribution is 2.35. The summed E-state index contributed by atoms with van der Waals surface area (Å²) in [6, 6.07) is 7.13. The van der Waals surface area contributed by atoms with E-state index in [0.29, 0.717) is 30.4 Å². The van der Waals surface area contributed by atoms with E-state index in [9.17, 15) is 4.79 Å². The summed E-state index contributed by atoms with van der Waals surface area (Å²) >= 11 is 0. The minimum Gasteiger partial charge on any atom is -0.494 e. The van der Waals surface area contributed by atoms with Gasteiger partial charge in [-0.2, -0.15) is 4.68 Å². The third-order valence-corrected chi connectivity index (χ3v) is 4.17. The van der Waals surface area contributed by atoms with Crippen LogP contribution in [0.3, 0.4) is 0 Å². The normalized spacial score (nSPS) is 16.0. The van der Waals surface area contributed by atoms with E-state index in [1.165, 1.54) is 0 Å². The number of hydrogen-bond donors (Lipinski definition) is 1. The van der Waals surface area contributed by atoms with Crippen LogP contribution >= 0.6 is 0 Å². The molecule has 1 aliphatic heterocycles. The molecule has 1 N–H and O–H groups in total. The van der Waals surface area contributed by atoms with Crippen molar-refractivity contribution in [1.82, 2.24) is 20.2 Å². The van der Waals surface area contributed by atoms with E-state index in [1.807, 2.05) is 38.1 Å². The van der Waals surface area contributed by atoms with E-state index in [1.54, 1.807) is 4.68 Å². The van der Waals surface area contributed by atoms with Crippen molar-refractivity contribution in [3.8, 4) is 5.75 Å². The number of hydrogen-bond acceptors (Lipinski definition) is 7. The summed E-state index contributed by atoms with van der Waals surface area (Å²) < 4.78 is 12.6. The minimum atomic E-state index is -0.453. The number of anilines is 1. The average molecular weight is 357 g/mol. The van der Waals surface area contributed by atoms with Crippen molar-refractivity contribution in [2.24, 2.45) is 0 Å². The molecule has 0 aliphatic carbocycles. The molecule has 0 radical (unpaired) electrons. The van der Waals surface area contributed by atoms with E-state index >= 15 is 0 Å². The van der Waals surface area contributed by atoms with E-state index in [0.717, 1.165) is 24.2 Å². The van der Waals surface area contributed by atoms with E-state index in [-0.39, 0.29) is 5.97 Å². The summed E-state index contributed by atoms with van der Waals surface area (Å²) in [4.78, 5) is 12.7. The number of esters is 1. The summed E-state index contributed by atoms with van der Waals surface area (Å²) in [7, 11) is 0. The maximum Gasteiger partial charge on any atom is 0.338 e. The molecule has 1 aromatic heterocycles. The van der Waals surface area contributed by atoms with Gasteiger partial charge in [0.2, 0.25) is 5.95 Å². The molecule has 0 fully saturated rings. The number of carbonyl (C=O) groups excluding carboxylic acids is 1. The van der Waals surface area contributed by atoms with Gasteiger partial charge in [-0.3, -0.25) is 0 Å². The molecule has 1 unspecified atom stereocenters. The van der Waals surface area contributed by atoms with Gasteiger partial charge in [0.1, 0.15) is 11.8 Å². The molecule has 2 aromatic rings. The molecule has 2 heterocycles. The fourth-order valence-electron chi connectivity index (χ4n) is 2.88. The van der Waals surface area contributed by atoms with Crippen molar-refractivity contribution >= 4 is 11.9 Å². The van der Waals surface area contributed by atoms with Crippen LogP contribution in [-0.4, -0.2) is 39.4 Å². The molecule has 0 bridgehead atoms. The Morgan fingerprint density at radius 2 is 2.04 bits per heavy atom. The molecular formula is C18H23N5O3. The van der Waals surface area contributed by atoms with Crippen LogP contribution in [0, 0.1) is 0 Å². The predicted molar refractivity (Wildman–Crippen MR) is 95.8 cm³/mol. The summed E-state index contributed by atoms with van der Waals surface area (Å²) in [5, 5.41) is 14.8. The lowest BCUT2D eigenvalue weighted by Gasteiger charge is -2.27. The Bertz CT molecular complexity index is 797. The van der Waals surface area contributed by atoms with Gasteiger partial charge in [0.05, 0.1) is 18.8 Å². The zero-order valence-electron chi connectivity index (χ0n) is 15.2. The van der Waals surface area contributed by atoms with Crippen molar-refractivity contribution in [2.75, 3.05) is 18.5 Å². The summed E-state index contributed by atoms with van der Waals surface area (Å²) in [6.45, 7) is 6.81. The van der Waals surface area contributed by atoms with Gasteiger partial charge in [-0.05, 0) is 48.4 Å². The van der Waals surface area contributed by atoms with Crippen molar-refractivity contribution in [3.05, 3.63) is 41.1 Å². The fourth-order valence-corrected chi connectivity index (χ4v) is 2.88. The first-order chi connectivity index (χ1) is 12.7. The standard InChI is InChI=1S/C18H23N5O3/c1-4-6-11-26-17(24)15-12(3)19-18-20-21-22-23(18)16(15)13-7-9-14(10-8-13)25-5-2/h7-10,16H,4-6,11H2,1-3H3,(H,19,20,22). The summed E-state index contributed by atoms with van der Waals surface area (Å²) in [5.41, 5.74) is 2.07. The lowest BCUT2D eigenvalue weighted by atomic mass is 9.96. The number of nitrogens with one attached hydrogen (secondary N) is 1. The summed E-state index contributed by atoms with van der Waals surface area (Å²) in [6.07, 6.45) is 1.79. The molecule has 8 heteroatoms. The number of nitrogens with zero attached hydrogens (tertiary/aromatic N) is 4. The highest BCUT2D eigenvalue weighted by molar-refractivity contribution is 5.92. The van der Waals surface area contributed by atoms with Crippen LogP contribution in [0.25, 0.3) is 0 Å². The van der Waals surface area contributed by atoms with Crippen LogP contribution in [0.4, 0.5) is 5.95 Å². The first-order valence-electron chi connectivity index (χ1n) is 8.81. The predicted octanol–water partition coefficient (Wildman–Crippen LogP) is 2.70. The van der Waals surface area contributed by atoms with Gasteiger partial charge in [-0.15, -0.1) is 0 Å². The van der Waals surface area contributed by atoms with E-state index in [4.69, 9.17) is 9.47 Å². The third kappa shape index (κ3) is 3.54. The van der Waals surface area contributed by atoms with E-state index < -0.39 is 6.04 Å². The Morgan fingerprint density at radius 1 is 1.27 bits per heavy atom. The zero-order chi connectivity index (χ0) is 18.5. The van der Waals surface area contributed by atoms with Crippen LogP contribution in [0.15, 0.2) is 35.5 Å². The number of rotatable bonds is 7. The monoisotopic (exact) mass is 357 g/mol. The second kappa shape index (κ2) is 7.99. The number of benzene rings is 1. The molecule has 1 atom stereocenters. The number of fused-ring (bicyclic) bond motifs is 1.